The van der Waals surface area contributed by atoms with Crippen LogP contribution < -0.4 is 10.4 Å². The van der Waals surface area contributed by atoms with Gasteiger partial charge in [-0.1, -0.05) is 20.8 Å². The van der Waals surface area contributed by atoms with E-state index in [1.54, 1.807) is 30.6 Å². The highest BCUT2D eigenvalue weighted by Gasteiger charge is 2.68. The number of hydrogen-bond acceptors (Lipinski definition) is 8. The summed E-state index contributed by atoms with van der Waals surface area (Å²) in [6.07, 6.45) is 3.21. The quantitative estimate of drug-likeness (QED) is 0.613. The molecule has 0 spiro atoms. The van der Waals surface area contributed by atoms with Crippen LogP contribution in [0.1, 0.15) is 65.5 Å². The van der Waals surface area contributed by atoms with Gasteiger partial charge in [-0.05, 0) is 55.6 Å². The van der Waals surface area contributed by atoms with Crippen molar-refractivity contribution in [1.82, 2.24) is 4.98 Å². The van der Waals surface area contributed by atoms with E-state index in [1.807, 2.05) is 6.92 Å². The van der Waals surface area contributed by atoms with E-state index < -0.39 is 40.2 Å². The average Bonchev–Trinajstić information content (AvgIpc) is 2.82. The van der Waals surface area contributed by atoms with Crippen molar-refractivity contribution < 1.29 is 28.9 Å². The van der Waals surface area contributed by atoms with Crippen LogP contribution in [0.25, 0.3) is 11.3 Å². The number of rotatable bonds is 3. The fourth-order valence-corrected chi connectivity index (χ4v) is 7.55. The summed E-state index contributed by atoms with van der Waals surface area (Å²) < 4.78 is 17.6. The Morgan fingerprint density at radius 3 is 2.69 bits per heavy atom. The molecule has 8 nitrogen and oxygen atoms in total. The molecule has 3 unspecified atom stereocenters. The highest BCUT2D eigenvalue weighted by molar-refractivity contribution is 5.66. The first-order valence-electron chi connectivity index (χ1n) is 12.7. The van der Waals surface area contributed by atoms with Gasteiger partial charge in [-0.3, -0.25) is 9.78 Å². The molecule has 2 aromatic rings. The van der Waals surface area contributed by atoms with Crippen LogP contribution in [0.3, 0.4) is 0 Å². The van der Waals surface area contributed by atoms with Crippen LogP contribution in [0, 0.1) is 28.6 Å². The first kappa shape index (κ1) is 25.0. The van der Waals surface area contributed by atoms with Crippen molar-refractivity contribution >= 4 is 5.97 Å². The number of ether oxygens (including phenoxy) is 2. The van der Waals surface area contributed by atoms with Gasteiger partial charge in [0.15, 0.2) is 0 Å². The molecule has 3 heterocycles. The first-order chi connectivity index (χ1) is 16.9. The lowest BCUT2D eigenvalue weighted by Gasteiger charge is -2.66. The molecule has 5 rings (SSSR count). The zero-order valence-electron chi connectivity index (χ0n) is 21.5. The summed E-state index contributed by atoms with van der Waals surface area (Å²) in [5, 5.41) is 23.3. The number of carbonyl (C=O) groups excluding carboxylic acids is 1. The smallest absolute Gasteiger partial charge is 0.345 e. The molecule has 0 saturated heterocycles. The predicted molar refractivity (Wildman–Crippen MR) is 131 cm³/mol. The normalized spacial score (nSPS) is 39.2. The molecular formula is C28H35NO7. The molecule has 2 aromatic heterocycles. The second-order valence-electron chi connectivity index (χ2n) is 11.7. The maximum absolute atomic E-state index is 13.2. The number of aliphatic hydroxyl groups is 2. The number of nitrogens with zero attached hydrogens (tertiary/aromatic N) is 1. The summed E-state index contributed by atoms with van der Waals surface area (Å²) in [7, 11) is 0. The van der Waals surface area contributed by atoms with Gasteiger partial charge in [-0.15, -0.1) is 0 Å². The van der Waals surface area contributed by atoms with E-state index in [0.29, 0.717) is 12.0 Å². The maximum Gasteiger partial charge on any atom is 0.345 e. The van der Waals surface area contributed by atoms with Crippen molar-refractivity contribution in [3.05, 3.63) is 46.6 Å². The van der Waals surface area contributed by atoms with Crippen molar-refractivity contribution in [3.63, 3.8) is 0 Å². The molecule has 0 bridgehead atoms. The van der Waals surface area contributed by atoms with Gasteiger partial charge in [0.05, 0.1) is 18.8 Å². The summed E-state index contributed by atoms with van der Waals surface area (Å²) in [6, 6.07) is 5.12. The number of fused-ring (bicyclic) bond motifs is 4. The average molecular weight is 498 g/mol. The van der Waals surface area contributed by atoms with E-state index in [4.69, 9.17) is 13.9 Å². The van der Waals surface area contributed by atoms with Gasteiger partial charge in [0, 0.05) is 42.3 Å². The van der Waals surface area contributed by atoms with Gasteiger partial charge in [0.1, 0.15) is 22.7 Å². The second kappa shape index (κ2) is 8.42. The molecule has 2 saturated carbocycles. The first-order valence-corrected chi connectivity index (χ1v) is 12.7. The number of aliphatic hydroxyl groups excluding tert-OH is 2. The molecule has 2 fully saturated rings. The third kappa shape index (κ3) is 3.52. The number of pyridine rings is 1. The Bertz CT molecular complexity index is 1230. The minimum absolute atomic E-state index is 0.0670. The van der Waals surface area contributed by atoms with E-state index >= 15 is 0 Å². The van der Waals surface area contributed by atoms with Crippen molar-refractivity contribution in [2.75, 3.05) is 6.61 Å². The van der Waals surface area contributed by atoms with E-state index in [-0.39, 0.29) is 41.5 Å². The molecule has 0 aromatic carbocycles. The van der Waals surface area contributed by atoms with Gasteiger partial charge in [-0.2, -0.15) is 0 Å². The van der Waals surface area contributed by atoms with Crippen LogP contribution in [0.15, 0.2) is 39.8 Å². The lowest BCUT2D eigenvalue weighted by molar-refractivity contribution is -0.257. The Morgan fingerprint density at radius 1 is 1.28 bits per heavy atom. The second-order valence-corrected chi connectivity index (χ2v) is 11.7. The molecule has 3 aliphatic rings. The van der Waals surface area contributed by atoms with Crippen molar-refractivity contribution in [2.24, 2.45) is 28.6 Å². The van der Waals surface area contributed by atoms with Crippen LogP contribution in [0.5, 0.6) is 5.75 Å². The number of esters is 1. The Hall–Kier alpha value is -2.71. The van der Waals surface area contributed by atoms with Gasteiger partial charge in [0.2, 0.25) is 0 Å². The molecule has 8 heteroatoms. The summed E-state index contributed by atoms with van der Waals surface area (Å²) in [5.74, 6) is -0.216. The molecule has 36 heavy (non-hydrogen) atoms. The van der Waals surface area contributed by atoms with E-state index in [9.17, 15) is 19.8 Å². The van der Waals surface area contributed by atoms with Gasteiger partial charge < -0.3 is 24.1 Å². The largest absolute Gasteiger partial charge is 0.484 e. The maximum atomic E-state index is 13.2. The van der Waals surface area contributed by atoms with Crippen LogP contribution in [-0.2, 0) is 9.53 Å². The minimum Gasteiger partial charge on any atom is -0.484 e. The third-order valence-electron chi connectivity index (χ3n) is 9.71. The summed E-state index contributed by atoms with van der Waals surface area (Å²) in [6.45, 7) is 9.85. The van der Waals surface area contributed by atoms with Crippen molar-refractivity contribution in [1.29, 1.82) is 0 Å². The Labute approximate surface area is 210 Å². The zero-order chi connectivity index (χ0) is 26.0. The third-order valence-corrected chi connectivity index (χ3v) is 9.71. The molecule has 2 N–H and O–H groups in total. The van der Waals surface area contributed by atoms with Crippen molar-refractivity contribution in [2.45, 2.75) is 71.7 Å². The van der Waals surface area contributed by atoms with Gasteiger partial charge >= 0.3 is 11.6 Å². The molecule has 194 valence electrons. The molecule has 1 aliphatic heterocycles. The molecular weight excluding hydrogens is 462 g/mol. The Kier molecular flexibility index (Phi) is 5.84. The van der Waals surface area contributed by atoms with Gasteiger partial charge in [0.25, 0.3) is 0 Å². The predicted octanol–water partition coefficient (Wildman–Crippen LogP) is 3.89. The zero-order valence-corrected chi connectivity index (χ0v) is 21.5. The van der Waals surface area contributed by atoms with E-state index in [0.717, 1.165) is 12.8 Å². The van der Waals surface area contributed by atoms with E-state index in [1.165, 1.54) is 6.92 Å². The topological polar surface area (TPSA) is 119 Å². The number of aromatic nitrogens is 1. The van der Waals surface area contributed by atoms with Crippen LogP contribution in [-0.4, -0.2) is 39.5 Å². The molecule has 0 amide bonds. The monoisotopic (exact) mass is 497 g/mol. The van der Waals surface area contributed by atoms with Gasteiger partial charge in [-0.25, -0.2) is 4.79 Å². The fourth-order valence-electron chi connectivity index (χ4n) is 7.55. The number of hydrogen-bond donors (Lipinski definition) is 2. The lowest BCUT2D eigenvalue weighted by atomic mass is 9.41. The highest BCUT2D eigenvalue weighted by Crippen LogP contribution is 2.67. The highest BCUT2D eigenvalue weighted by atomic mass is 16.5. The minimum atomic E-state index is -1.19. The SMILES string of the molecule is CC(=O)OC[C@@]1(C)C2C[C@H](O)[C@@]3(C)Oc4cc(-c5cccnc5)oc(=O)c4C(O)C3[C@@]2(C)CC[C@@H]1C. The van der Waals surface area contributed by atoms with Crippen molar-refractivity contribution in [3.8, 4) is 17.1 Å². The Balaban J connectivity index is 1.61. The molecule has 2 aliphatic carbocycles. The van der Waals surface area contributed by atoms with Crippen LogP contribution in [0.2, 0.25) is 0 Å². The van der Waals surface area contributed by atoms with E-state index in [2.05, 4.69) is 25.8 Å². The number of carbonyl (C=O) groups is 1. The Morgan fingerprint density at radius 2 is 2.03 bits per heavy atom. The lowest BCUT2D eigenvalue weighted by Crippen LogP contribution is -2.70. The molecule has 8 atom stereocenters. The van der Waals surface area contributed by atoms with Crippen LogP contribution in [0.4, 0.5) is 0 Å². The summed E-state index contributed by atoms with van der Waals surface area (Å²) >= 11 is 0. The summed E-state index contributed by atoms with van der Waals surface area (Å²) in [5.41, 5.74) is -1.98. The van der Waals surface area contributed by atoms with Crippen LogP contribution >= 0.6 is 0 Å². The fraction of sp³-hybridized carbons (Fsp3) is 0.607. The standard InChI is InChI=1S/C28H35NO7/c1-15-8-9-26(3)20(27(15,4)14-34-16(2)30)12-21(31)28(5)24(26)23(32)22-19(36-28)11-18(35-25(22)33)17-7-6-10-29-13-17/h6-7,10-11,13,15,20-21,23-24,31-32H,8-9,12,14H2,1-5H3/t15-,20?,21-,23?,24?,26-,27+,28+/m0/s1. The summed E-state index contributed by atoms with van der Waals surface area (Å²) in [4.78, 5) is 29.0. The molecule has 0 radical (unpaired) electrons.